The Balaban J connectivity index is 2.39. The number of azide groups is 1. The van der Waals surface area contributed by atoms with Crippen molar-refractivity contribution in [1.29, 1.82) is 0 Å². The zero-order chi connectivity index (χ0) is 14.9. The third-order valence-electron chi connectivity index (χ3n) is 3.19. The first-order valence-corrected chi connectivity index (χ1v) is 6.12. The molecule has 1 aromatic rings. The van der Waals surface area contributed by atoms with E-state index in [4.69, 9.17) is 10.3 Å². The van der Waals surface area contributed by atoms with E-state index in [9.17, 15) is 9.59 Å². The molecule has 104 valence electrons. The predicted octanol–water partition coefficient (Wildman–Crippen LogP) is 2.31. The standard InChI is InChI=1S/C13H14N4O3/c1-7(15-16-14)12(18)9-4-5-11-10(6-9)17(3)13(19)8(2)20-11/h4-8H,1-3H3. The van der Waals surface area contributed by atoms with Crippen molar-refractivity contribution >= 4 is 17.4 Å². The molecule has 2 atom stereocenters. The molecule has 0 aromatic heterocycles. The lowest BCUT2D eigenvalue weighted by atomic mass is 10.0. The molecule has 7 heteroatoms. The highest BCUT2D eigenvalue weighted by Gasteiger charge is 2.29. The molecule has 0 saturated carbocycles. The van der Waals surface area contributed by atoms with E-state index < -0.39 is 12.1 Å². The molecule has 0 aliphatic carbocycles. The molecule has 0 bridgehead atoms. The van der Waals surface area contributed by atoms with Gasteiger partial charge in [0.25, 0.3) is 5.91 Å². The third kappa shape index (κ3) is 2.31. The lowest BCUT2D eigenvalue weighted by molar-refractivity contribution is -0.125. The minimum Gasteiger partial charge on any atom is -0.479 e. The molecule has 1 amide bonds. The number of hydrogen-bond acceptors (Lipinski definition) is 4. The fourth-order valence-electron chi connectivity index (χ4n) is 2.04. The van der Waals surface area contributed by atoms with Gasteiger partial charge in [-0.15, -0.1) is 0 Å². The molecular weight excluding hydrogens is 260 g/mol. The topological polar surface area (TPSA) is 95.4 Å². The van der Waals surface area contributed by atoms with Gasteiger partial charge >= 0.3 is 0 Å². The highest BCUT2D eigenvalue weighted by atomic mass is 16.5. The molecule has 1 aromatic carbocycles. The number of anilines is 1. The second-order valence-electron chi connectivity index (χ2n) is 4.58. The van der Waals surface area contributed by atoms with Crippen molar-refractivity contribution in [3.8, 4) is 5.75 Å². The molecule has 7 nitrogen and oxygen atoms in total. The first-order chi connectivity index (χ1) is 9.45. The first-order valence-electron chi connectivity index (χ1n) is 6.12. The lowest BCUT2D eigenvalue weighted by Gasteiger charge is -2.30. The zero-order valence-electron chi connectivity index (χ0n) is 11.4. The Labute approximate surface area is 115 Å². The van der Waals surface area contributed by atoms with Gasteiger partial charge in [0.1, 0.15) is 5.75 Å². The van der Waals surface area contributed by atoms with Gasteiger partial charge in [-0.2, -0.15) is 0 Å². The Morgan fingerprint density at radius 3 is 2.90 bits per heavy atom. The average Bonchev–Trinajstić information content (AvgIpc) is 2.44. The van der Waals surface area contributed by atoms with Gasteiger partial charge in [-0.05, 0) is 37.6 Å². The predicted molar refractivity (Wildman–Crippen MR) is 72.9 cm³/mol. The summed E-state index contributed by atoms with van der Waals surface area (Å²) in [5.74, 6) is 0.0721. The summed E-state index contributed by atoms with van der Waals surface area (Å²) in [5.41, 5.74) is 9.27. The highest BCUT2D eigenvalue weighted by molar-refractivity contribution is 6.04. The number of benzene rings is 1. The number of Topliss-reactive ketones (excluding diaryl/α,β-unsaturated/α-hetero) is 1. The molecule has 20 heavy (non-hydrogen) atoms. The van der Waals surface area contributed by atoms with Gasteiger partial charge in [-0.1, -0.05) is 5.11 Å². The van der Waals surface area contributed by atoms with Crippen molar-refractivity contribution in [1.82, 2.24) is 0 Å². The Morgan fingerprint density at radius 1 is 1.55 bits per heavy atom. The number of hydrogen-bond donors (Lipinski definition) is 0. The molecule has 0 fully saturated rings. The van der Waals surface area contributed by atoms with E-state index in [-0.39, 0.29) is 11.7 Å². The fraction of sp³-hybridized carbons (Fsp3) is 0.385. The van der Waals surface area contributed by atoms with E-state index in [1.807, 2.05) is 0 Å². The van der Waals surface area contributed by atoms with E-state index in [0.29, 0.717) is 17.0 Å². The summed E-state index contributed by atoms with van der Waals surface area (Å²) in [6.07, 6.45) is -0.545. The number of nitrogens with zero attached hydrogens (tertiary/aromatic N) is 4. The van der Waals surface area contributed by atoms with Crippen LogP contribution in [-0.2, 0) is 4.79 Å². The fourth-order valence-corrected chi connectivity index (χ4v) is 2.04. The summed E-state index contributed by atoms with van der Waals surface area (Å²) in [5, 5.41) is 3.38. The van der Waals surface area contributed by atoms with Crippen LogP contribution in [-0.4, -0.2) is 30.9 Å². The van der Waals surface area contributed by atoms with Crippen LogP contribution in [0.5, 0.6) is 5.75 Å². The summed E-state index contributed by atoms with van der Waals surface area (Å²) in [6, 6.07) is 4.03. The summed E-state index contributed by atoms with van der Waals surface area (Å²) >= 11 is 0. The van der Waals surface area contributed by atoms with Crippen molar-refractivity contribution in [2.45, 2.75) is 26.0 Å². The Hall–Kier alpha value is -2.53. The van der Waals surface area contributed by atoms with Crippen LogP contribution in [0.15, 0.2) is 23.3 Å². The summed E-state index contributed by atoms with van der Waals surface area (Å²) in [6.45, 7) is 3.19. The number of carbonyl (C=O) groups excluding carboxylic acids is 2. The smallest absolute Gasteiger partial charge is 0.267 e. The van der Waals surface area contributed by atoms with Crippen molar-refractivity contribution in [2.24, 2.45) is 5.11 Å². The van der Waals surface area contributed by atoms with Gasteiger partial charge < -0.3 is 9.64 Å². The number of ketones is 1. The third-order valence-corrected chi connectivity index (χ3v) is 3.19. The maximum Gasteiger partial charge on any atom is 0.267 e. The number of amides is 1. The van der Waals surface area contributed by atoms with Crippen LogP contribution in [0, 0.1) is 0 Å². The monoisotopic (exact) mass is 274 g/mol. The second kappa shape index (κ2) is 5.22. The van der Waals surface area contributed by atoms with Gasteiger partial charge in [-0.3, -0.25) is 9.59 Å². The number of likely N-dealkylation sites (N-methyl/N-ethyl adjacent to an activating group) is 1. The number of carbonyl (C=O) groups is 2. The molecule has 0 radical (unpaired) electrons. The molecule has 0 spiro atoms. The van der Waals surface area contributed by atoms with Gasteiger partial charge in [0, 0.05) is 17.5 Å². The molecule has 1 heterocycles. The number of ether oxygens (including phenoxy) is 1. The molecule has 2 rings (SSSR count). The average molecular weight is 274 g/mol. The minimum atomic E-state index is -0.789. The normalized spacial score (nSPS) is 18.6. The molecule has 0 N–H and O–H groups in total. The van der Waals surface area contributed by atoms with Crippen LogP contribution < -0.4 is 9.64 Å². The quantitative estimate of drug-likeness (QED) is 0.366. The van der Waals surface area contributed by atoms with E-state index in [1.165, 1.54) is 11.8 Å². The Kier molecular flexibility index (Phi) is 3.63. The van der Waals surface area contributed by atoms with E-state index in [1.54, 1.807) is 32.2 Å². The van der Waals surface area contributed by atoms with Crippen LogP contribution in [0.4, 0.5) is 5.69 Å². The summed E-state index contributed by atoms with van der Waals surface area (Å²) < 4.78 is 5.47. The van der Waals surface area contributed by atoms with Crippen LogP contribution in [0.2, 0.25) is 0 Å². The zero-order valence-corrected chi connectivity index (χ0v) is 11.4. The lowest BCUT2D eigenvalue weighted by Crippen LogP contribution is -2.42. The SMILES string of the molecule is CC(N=[N+]=[N-])C(=O)c1ccc2c(c1)N(C)C(=O)C(C)O2. The molecule has 2 unspecified atom stereocenters. The van der Waals surface area contributed by atoms with E-state index in [2.05, 4.69) is 10.0 Å². The Bertz CT molecular complexity index is 622. The molecular formula is C13H14N4O3. The largest absolute Gasteiger partial charge is 0.479 e. The van der Waals surface area contributed by atoms with E-state index >= 15 is 0 Å². The van der Waals surface area contributed by atoms with Crippen molar-refractivity contribution < 1.29 is 14.3 Å². The molecule has 1 aliphatic heterocycles. The summed E-state index contributed by atoms with van der Waals surface area (Å²) in [4.78, 5) is 28.0. The van der Waals surface area contributed by atoms with E-state index in [0.717, 1.165) is 0 Å². The van der Waals surface area contributed by atoms with Crippen molar-refractivity contribution in [3.05, 3.63) is 34.2 Å². The Morgan fingerprint density at radius 2 is 2.25 bits per heavy atom. The van der Waals surface area contributed by atoms with Crippen molar-refractivity contribution in [3.63, 3.8) is 0 Å². The first kappa shape index (κ1) is 13.9. The van der Waals surface area contributed by atoms with Crippen molar-refractivity contribution in [2.75, 3.05) is 11.9 Å². The van der Waals surface area contributed by atoms with Crippen LogP contribution in [0.3, 0.4) is 0 Å². The van der Waals surface area contributed by atoms with Gasteiger partial charge in [0.15, 0.2) is 11.9 Å². The minimum absolute atomic E-state index is 0.176. The summed E-state index contributed by atoms with van der Waals surface area (Å²) in [7, 11) is 1.63. The van der Waals surface area contributed by atoms with Gasteiger partial charge in [0.05, 0.1) is 11.7 Å². The van der Waals surface area contributed by atoms with Gasteiger partial charge in [-0.25, -0.2) is 0 Å². The van der Waals surface area contributed by atoms with Crippen LogP contribution >= 0.6 is 0 Å². The number of fused-ring (bicyclic) bond motifs is 1. The molecule has 0 saturated heterocycles. The van der Waals surface area contributed by atoms with Gasteiger partial charge in [0.2, 0.25) is 0 Å². The maximum atomic E-state index is 12.1. The maximum absolute atomic E-state index is 12.1. The highest BCUT2D eigenvalue weighted by Crippen LogP contribution is 2.34. The number of rotatable bonds is 3. The second-order valence-corrected chi connectivity index (χ2v) is 4.58. The molecule has 1 aliphatic rings. The van der Waals surface area contributed by atoms with Crippen LogP contribution in [0.25, 0.3) is 10.4 Å². The van der Waals surface area contributed by atoms with Crippen LogP contribution in [0.1, 0.15) is 24.2 Å².